The Morgan fingerprint density at radius 1 is 1.07 bits per heavy atom. The summed E-state index contributed by atoms with van der Waals surface area (Å²) in [7, 11) is 0. The molecule has 1 saturated carbocycles. The Hall–Kier alpha value is -0.820. The quantitative estimate of drug-likeness (QED) is 0.676. The predicted octanol–water partition coefficient (Wildman–Crippen LogP) is 2.93. The third-order valence-corrected chi connectivity index (χ3v) is 2.37. The molecule has 2 heteroatoms. The zero-order chi connectivity index (χ0) is 9.97. The molecule has 0 spiro atoms. The molecule has 0 amide bonds. The van der Waals surface area contributed by atoms with Crippen LogP contribution in [0, 0.1) is 31.6 Å². The molecule has 1 aromatic carbocycles. The number of ketones is 1. The first kappa shape index (κ1) is 9.72. The SMILES string of the molecule is O=C([C]1[CH][CH][CH][CH]1)c1ccccc1Cl. The van der Waals surface area contributed by atoms with Gasteiger partial charge in [-0.15, -0.1) is 0 Å². The van der Waals surface area contributed by atoms with Crippen molar-refractivity contribution in [3.63, 3.8) is 0 Å². The number of halogens is 1. The Bertz CT molecular complexity index is 340. The Morgan fingerprint density at radius 2 is 1.71 bits per heavy atom. The van der Waals surface area contributed by atoms with E-state index >= 15 is 0 Å². The summed E-state index contributed by atoms with van der Waals surface area (Å²) in [6.45, 7) is 0. The molecule has 1 aliphatic rings. The van der Waals surface area contributed by atoms with Crippen LogP contribution in [0.4, 0.5) is 0 Å². The van der Waals surface area contributed by atoms with Crippen molar-refractivity contribution in [3.05, 3.63) is 66.5 Å². The van der Waals surface area contributed by atoms with Crippen LogP contribution in [0.5, 0.6) is 0 Å². The molecule has 0 saturated heterocycles. The Kier molecular flexibility index (Phi) is 2.87. The molecule has 69 valence electrons. The molecule has 0 heterocycles. The minimum atomic E-state index is -0.0272. The Balaban J connectivity index is 2.22. The van der Waals surface area contributed by atoms with Crippen molar-refractivity contribution in [2.75, 3.05) is 0 Å². The zero-order valence-corrected chi connectivity index (χ0v) is 8.16. The summed E-state index contributed by atoms with van der Waals surface area (Å²) in [6, 6.07) is 7.07. The molecule has 0 unspecified atom stereocenters. The molecule has 1 aromatic rings. The van der Waals surface area contributed by atoms with Crippen LogP contribution in [0.2, 0.25) is 5.02 Å². The maximum absolute atomic E-state index is 11.8. The van der Waals surface area contributed by atoms with Crippen LogP contribution in [0.3, 0.4) is 0 Å². The Morgan fingerprint density at radius 3 is 2.36 bits per heavy atom. The smallest absolute Gasteiger partial charge is 0.172 e. The maximum Gasteiger partial charge on any atom is 0.172 e. The van der Waals surface area contributed by atoms with Gasteiger partial charge in [-0.05, 0) is 37.8 Å². The summed E-state index contributed by atoms with van der Waals surface area (Å²) in [5.41, 5.74) is 0.556. The second-order valence-corrected chi connectivity index (χ2v) is 3.39. The van der Waals surface area contributed by atoms with Crippen LogP contribution in [-0.2, 0) is 0 Å². The number of Topliss-reactive ketones (excluding diaryl/α,β-unsaturated/α-hetero) is 1. The lowest BCUT2D eigenvalue weighted by atomic mass is 9.96. The van der Waals surface area contributed by atoms with Crippen molar-refractivity contribution in [1.82, 2.24) is 0 Å². The van der Waals surface area contributed by atoms with Crippen LogP contribution < -0.4 is 0 Å². The van der Waals surface area contributed by atoms with Crippen molar-refractivity contribution in [2.45, 2.75) is 0 Å². The number of carbonyl (C=O) groups excluding carboxylic acids is 1. The van der Waals surface area contributed by atoms with E-state index in [4.69, 9.17) is 11.6 Å². The van der Waals surface area contributed by atoms with E-state index in [1.807, 2.05) is 25.0 Å². The Labute approximate surface area is 89.1 Å². The van der Waals surface area contributed by atoms with Crippen molar-refractivity contribution in [3.8, 4) is 0 Å². The molecular formula is C12H8ClO. The van der Waals surface area contributed by atoms with Crippen molar-refractivity contribution in [1.29, 1.82) is 0 Å². The molecule has 5 radical (unpaired) electrons. The molecule has 2 rings (SSSR count). The van der Waals surface area contributed by atoms with Gasteiger partial charge >= 0.3 is 0 Å². The van der Waals surface area contributed by atoms with Gasteiger partial charge < -0.3 is 0 Å². The largest absolute Gasteiger partial charge is 0.293 e. The molecule has 1 nitrogen and oxygen atoms in total. The first-order valence-corrected chi connectivity index (χ1v) is 4.68. The van der Waals surface area contributed by atoms with Gasteiger partial charge in [0, 0.05) is 5.56 Å². The van der Waals surface area contributed by atoms with E-state index in [0.29, 0.717) is 16.5 Å². The average molecular weight is 204 g/mol. The van der Waals surface area contributed by atoms with E-state index in [2.05, 4.69) is 0 Å². The third-order valence-electron chi connectivity index (χ3n) is 2.04. The number of benzene rings is 1. The van der Waals surface area contributed by atoms with Gasteiger partial charge in [-0.3, -0.25) is 4.79 Å². The fourth-order valence-electron chi connectivity index (χ4n) is 1.33. The van der Waals surface area contributed by atoms with Gasteiger partial charge in [-0.2, -0.15) is 0 Å². The third kappa shape index (κ3) is 1.83. The van der Waals surface area contributed by atoms with E-state index in [1.54, 1.807) is 25.0 Å². The van der Waals surface area contributed by atoms with Gasteiger partial charge in [0.25, 0.3) is 0 Å². The molecule has 0 bridgehead atoms. The summed E-state index contributed by atoms with van der Waals surface area (Å²) in [5.74, 6) is 0.652. The van der Waals surface area contributed by atoms with Crippen molar-refractivity contribution < 1.29 is 4.79 Å². The van der Waals surface area contributed by atoms with Gasteiger partial charge in [0.2, 0.25) is 0 Å². The van der Waals surface area contributed by atoms with E-state index in [9.17, 15) is 4.79 Å². The first-order valence-electron chi connectivity index (χ1n) is 4.30. The second kappa shape index (κ2) is 4.14. The molecule has 0 aliphatic heterocycles. The monoisotopic (exact) mass is 203 g/mol. The average Bonchev–Trinajstić information content (AvgIpc) is 2.70. The standard InChI is InChI=1S/C12H8ClO/c13-11-8-4-3-7-10(11)12(14)9-5-1-2-6-9/h1-8H. The first-order chi connectivity index (χ1) is 6.79. The molecule has 1 fully saturated rings. The highest BCUT2D eigenvalue weighted by molar-refractivity contribution is 6.35. The zero-order valence-electron chi connectivity index (χ0n) is 7.41. The summed E-state index contributed by atoms with van der Waals surface area (Å²) >= 11 is 5.92. The van der Waals surface area contributed by atoms with Crippen LogP contribution in [-0.4, -0.2) is 5.78 Å². The van der Waals surface area contributed by atoms with Crippen LogP contribution in [0.25, 0.3) is 0 Å². The fourth-order valence-corrected chi connectivity index (χ4v) is 1.55. The molecule has 14 heavy (non-hydrogen) atoms. The molecule has 0 N–H and O–H groups in total. The van der Waals surface area contributed by atoms with Gasteiger partial charge in [0.1, 0.15) is 0 Å². The number of hydrogen-bond donors (Lipinski definition) is 0. The lowest BCUT2D eigenvalue weighted by molar-refractivity contribution is 0.101. The lowest BCUT2D eigenvalue weighted by Gasteiger charge is -2.07. The highest BCUT2D eigenvalue weighted by Crippen LogP contribution is 2.29. The lowest BCUT2D eigenvalue weighted by Crippen LogP contribution is -2.10. The minimum absolute atomic E-state index is 0.0272. The number of hydrogen-bond acceptors (Lipinski definition) is 1. The van der Waals surface area contributed by atoms with E-state index < -0.39 is 0 Å². The van der Waals surface area contributed by atoms with Crippen molar-refractivity contribution >= 4 is 17.4 Å². The minimum Gasteiger partial charge on any atom is -0.293 e. The molecule has 1 aliphatic carbocycles. The number of rotatable bonds is 2. The van der Waals surface area contributed by atoms with Crippen molar-refractivity contribution in [2.24, 2.45) is 0 Å². The maximum atomic E-state index is 11.8. The molecule has 0 atom stereocenters. The summed E-state index contributed by atoms with van der Waals surface area (Å²) < 4.78 is 0. The summed E-state index contributed by atoms with van der Waals surface area (Å²) in [6.07, 6.45) is 7.24. The van der Waals surface area contributed by atoms with Crippen LogP contribution in [0.15, 0.2) is 24.3 Å². The predicted molar refractivity (Wildman–Crippen MR) is 56.2 cm³/mol. The van der Waals surface area contributed by atoms with Gasteiger partial charge in [0.15, 0.2) is 5.78 Å². The normalized spacial score (nSPS) is 17.2. The van der Waals surface area contributed by atoms with Gasteiger partial charge in [-0.1, -0.05) is 23.7 Å². The van der Waals surface area contributed by atoms with Gasteiger partial charge in [0.05, 0.1) is 10.9 Å². The van der Waals surface area contributed by atoms with Crippen LogP contribution >= 0.6 is 11.6 Å². The summed E-state index contributed by atoms with van der Waals surface area (Å²) in [4.78, 5) is 11.8. The fraction of sp³-hybridized carbons (Fsp3) is 0. The van der Waals surface area contributed by atoms with E-state index in [1.165, 1.54) is 0 Å². The van der Waals surface area contributed by atoms with E-state index in [0.717, 1.165) is 0 Å². The number of carbonyl (C=O) groups is 1. The summed E-state index contributed by atoms with van der Waals surface area (Å²) in [5, 5.41) is 0.499. The molecule has 0 aromatic heterocycles. The van der Waals surface area contributed by atoms with E-state index in [-0.39, 0.29) is 5.78 Å². The van der Waals surface area contributed by atoms with Crippen LogP contribution in [0.1, 0.15) is 10.4 Å². The second-order valence-electron chi connectivity index (χ2n) is 2.98. The topological polar surface area (TPSA) is 17.1 Å². The highest BCUT2D eigenvalue weighted by Gasteiger charge is 2.26. The van der Waals surface area contributed by atoms with Gasteiger partial charge in [-0.25, -0.2) is 0 Å². The molecular weight excluding hydrogens is 196 g/mol. The highest BCUT2D eigenvalue weighted by atomic mass is 35.5.